The predicted octanol–water partition coefficient (Wildman–Crippen LogP) is 3.86. The summed E-state index contributed by atoms with van der Waals surface area (Å²) in [7, 11) is 2.03. The fourth-order valence-electron chi connectivity index (χ4n) is 1.99. The highest BCUT2D eigenvalue weighted by Crippen LogP contribution is 2.26. The van der Waals surface area contributed by atoms with E-state index in [-0.39, 0.29) is 0 Å². The molecular formula is C14H29N. The smallest absolute Gasteiger partial charge is 0.00518 e. The standard InChI is InChI=1S/C14H29N/c1-6-7-9-12(2)14(4)13(3)10-8-11-15-5/h6-7,12-15H,8-11H2,1-5H3/b7-6-/t12?,13-,14+/m1/s1. The fraction of sp³-hybridized carbons (Fsp3) is 0.857. The molecule has 0 saturated heterocycles. The van der Waals surface area contributed by atoms with E-state index >= 15 is 0 Å². The molecule has 0 aromatic heterocycles. The Morgan fingerprint density at radius 1 is 1.13 bits per heavy atom. The topological polar surface area (TPSA) is 12.0 Å². The van der Waals surface area contributed by atoms with E-state index in [1.807, 2.05) is 7.05 Å². The minimum Gasteiger partial charge on any atom is -0.320 e. The SMILES string of the molecule is C/C=C\CC(C)[C@H](C)[C@H](C)CCCNC. The van der Waals surface area contributed by atoms with E-state index in [4.69, 9.17) is 0 Å². The Bertz CT molecular complexity index is 163. The van der Waals surface area contributed by atoms with Gasteiger partial charge in [0, 0.05) is 0 Å². The molecule has 1 nitrogen and oxygen atoms in total. The second kappa shape index (κ2) is 8.96. The van der Waals surface area contributed by atoms with Crippen molar-refractivity contribution in [2.45, 2.75) is 47.0 Å². The van der Waals surface area contributed by atoms with E-state index in [9.17, 15) is 0 Å². The van der Waals surface area contributed by atoms with Crippen LogP contribution in [0.25, 0.3) is 0 Å². The summed E-state index contributed by atoms with van der Waals surface area (Å²) in [5, 5.41) is 3.21. The fourth-order valence-corrected chi connectivity index (χ4v) is 1.99. The maximum atomic E-state index is 3.21. The van der Waals surface area contributed by atoms with E-state index in [0.29, 0.717) is 0 Å². The Morgan fingerprint density at radius 3 is 2.33 bits per heavy atom. The van der Waals surface area contributed by atoms with Crippen LogP contribution in [0.3, 0.4) is 0 Å². The Morgan fingerprint density at radius 2 is 1.80 bits per heavy atom. The lowest BCUT2D eigenvalue weighted by molar-refractivity contribution is 0.263. The first-order chi connectivity index (χ1) is 7.13. The molecule has 0 spiro atoms. The van der Waals surface area contributed by atoms with Crippen molar-refractivity contribution in [2.24, 2.45) is 17.8 Å². The summed E-state index contributed by atoms with van der Waals surface area (Å²) in [6.07, 6.45) is 8.34. The van der Waals surface area contributed by atoms with Crippen LogP contribution in [0.5, 0.6) is 0 Å². The summed E-state index contributed by atoms with van der Waals surface area (Å²) in [6, 6.07) is 0. The molecule has 0 radical (unpaired) electrons. The van der Waals surface area contributed by atoms with E-state index in [2.05, 4.69) is 45.2 Å². The van der Waals surface area contributed by atoms with Crippen LogP contribution < -0.4 is 5.32 Å². The van der Waals surface area contributed by atoms with Crippen LogP contribution in [0.1, 0.15) is 47.0 Å². The highest BCUT2D eigenvalue weighted by molar-refractivity contribution is 4.81. The third kappa shape index (κ3) is 6.72. The van der Waals surface area contributed by atoms with E-state index < -0.39 is 0 Å². The van der Waals surface area contributed by atoms with E-state index in [0.717, 1.165) is 24.3 Å². The van der Waals surface area contributed by atoms with Gasteiger partial charge < -0.3 is 5.32 Å². The zero-order valence-corrected chi connectivity index (χ0v) is 11.2. The molecule has 15 heavy (non-hydrogen) atoms. The lowest BCUT2D eigenvalue weighted by Gasteiger charge is -2.25. The first-order valence-electron chi connectivity index (χ1n) is 6.39. The summed E-state index contributed by atoms with van der Waals surface area (Å²) >= 11 is 0. The molecule has 1 unspecified atom stereocenters. The van der Waals surface area contributed by atoms with Crippen LogP contribution >= 0.6 is 0 Å². The Kier molecular flexibility index (Phi) is 8.79. The number of nitrogens with one attached hydrogen (secondary N) is 1. The van der Waals surface area contributed by atoms with Gasteiger partial charge in [0.05, 0.1) is 0 Å². The van der Waals surface area contributed by atoms with Crippen LogP contribution in [0.2, 0.25) is 0 Å². The van der Waals surface area contributed by atoms with Crippen molar-refractivity contribution < 1.29 is 0 Å². The first-order valence-corrected chi connectivity index (χ1v) is 6.39. The molecule has 3 atom stereocenters. The van der Waals surface area contributed by atoms with Crippen molar-refractivity contribution >= 4 is 0 Å². The third-order valence-corrected chi connectivity index (χ3v) is 3.62. The largest absolute Gasteiger partial charge is 0.320 e. The highest BCUT2D eigenvalue weighted by Gasteiger charge is 2.17. The molecule has 0 bridgehead atoms. The van der Waals surface area contributed by atoms with Gasteiger partial charge in [-0.15, -0.1) is 0 Å². The zero-order chi connectivity index (χ0) is 11.7. The number of hydrogen-bond acceptors (Lipinski definition) is 1. The molecule has 0 aromatic rings. The molecule has 0 fully saturated rings. The third-order valence-electron chi connectivity index (χ3n) is 3.62. The molecule has 1 N–H and O–H groups in total. The van der Waals surface area contributed by atoms with Crippen LogP contribution in [-0.2, 0) is 0 Å². The molecule has 90 valence electrons. The van der Waals surface area contributed by atoms with Crippen LogP contribution in [0.4, 0.5) is 0 Å². The molecule has 0 amide bonds. The summed E-state index contributed by atoms with van der Waals surface area (Å²) < 4.78 is 0. The lowest BCUT2D eigenvalue weighted by Crippen LogP contribution is -2.18. The maximum Gasteiger partial charge on any atom is -0.00518 e. The Hall–Kier alpha value is -0.300. The number of allylic oxidation sites excluding steroid dienone is 2. The second-order valence-corrected chi connectivity index (χ2v) is 4.86. The van der Waals surface area contributed by atoms with Gasteiger partial charge in [-0.2, -0.15) is 0 Å². The summed E-state index contributed by atoms with van der Waals surface area (Å²) in [4.78, 5) is 0. The first kappa shape index (κ1) is 14.7. The summed E-state index contributed by atoms with van der Waals surface area (Å²) in [6.45, 7) is 10.4. The van der Waals surface area contributed by atoms with E-state index in [1.54, 1.807) is 0 Å². The molecule has 0 aromatic carbocycles. The summed E-state index contributed by atoms with van der Waals surface area (Å²) in [5.41, 5.74) is 0. The molecule has 0 rings (SSSR count). The normalized spacial score (nSPS) is 17.9. The van der Waals surface area contributed by atoms with Gasteiger partial charge in [0.25, 0.3) is 0 Å². The predicted molar refractivity (Wildman–Crippen MR) is 70.1 cm³/mol. The molecule has 0 aliphatic carbocycles. The molecule has 1 heteroatoms. The van der Waals surface area contributed by atoms with Crippen molar-refractivity contribution in [3.05, 3.63) is 12.2 Å². The zero-order valence-electron chi connectivity index (χ0n) is 11.2. The van der Waals surface area contributed by atoms with Gasteiger partial charge in [-0.3, -0.25) is 0 Å². The van der Waals surface area contributed by atoms with Gasteiger partial charge in [0.2, 0.25) is 0 Å². The molecule has 0 heterocycles. The molecule has 0 aliphatic rings. The minimum atomic E-state index is 0.811. The van der Waals surface area contributed by atoms with Gasteiger partial charge >= 0.3 is 0 Å². The molecular weight excluding hydrogens is 182 g/mol. The van der Waals surface area contributed by atoms with Crippen LogP contribution in [0.15, 0.2) is 12.2 Å². The van der Waals surface area contributed by atoms with Crippen LogP contribution in [0, 0.1) is 17.8 Å². The number of rotatable bonds is 8. The van der Waals surface area contributed by atoms with E-state index in [1.165, 1.54) is 19.3 Å². The molecule has 0 aliphatic heterocycles. The lowest BCUT2D eigenvalue weighted by atomic mass is 9.81. The quantitative estimate of drug-likeness (QED) is 0.475. The molecule has 0 saturated carbocycles. The van der Waals surface area contributed by atoms with Crippen molar-refractivity contribution in [2.75, 3.05) is 13.6 Å². The Labute approximate surface area is 96.3 Å². The monoisotopic (exact) mass is 211 g/mol. The van der Waals surface area contributed by atoms with Crippen molar-refractivity contribution in [1.82, 2.24) is 5.32 Å². The van der Waals surface area contributed by atoms with Crippen molar-refractivity contribution in [3.63, 3.8) is 0 Å². The van der Waals surface area contributed by atoms with Crippen molar-refractivity contribution in [3.8, 4) is 0 Å². The van der Waals surface area contributed by atoms with Gasteiger partial charge in [-0.05, 0) is 57.5 Å². The Balaban J connectivity index is 3.79. The second-order valence-electron chi connectivity index (χ2n) is 4.86. The van der Waals surface area contributed by atoms with Gasteiger partial charge in [0.1, 0.15) is 0 Å². The minimum absolute atomic E-state index is 0.811. The van der Waals surface area contributed by atoms with Crippen molar-refractivity contribution in [1.29, 1.82) is 0 Å². The summed E-state index contributed by atoms with van der Waals surface area (Å²) in [5.74, 6) is 2.49. The average Bonchev–Trinajstić information content (AvgIpc) is 2.24. The highest BCUT2D eigenvalue weighted by atomic mass is 14.8. The van der Waals surface area contributed by atoms with Gasteiger partial charge in [-0.25, -0.2) is 0 Å². The van der Waals surface area contributed by atoms with Gasteiger partial charge in [-0.1, -0.05) is 32.9 Å². The average molecular weight is 211 g/mol. The van der Waals surface area contributed by atoms with Crippen LogP contribution in [-0.4, -0.2) is 13.6 Å². The maximum absolute atomic E-state index is 3.21. The van der Waals surface area contributed by atoms with Gasteiger partial charge in [0.15, 0.2) is 0 Å². The number of hydrogen-bond donors (Lipinski definition) is 1.